The molecule has 0 heterocycles. The summed E-state index contributed by atoms with van der Waals surface area (Å²) < 4.78 is 10.5. The minimum atomic E-state index is -0.671. The SMILES string of the molecule is CCNC(=O)C(C)Oc1cc(OC)ccc1C=O. The van der Waals surface area contributed by atoms with Gasteiger partial charge in [-0.3, -0.25) is 9.59 Å². The number of carbonyl (C=O) groups excluding carboxylic acids is 2. The minimum Gasteiger partial charge on any atom is -0.497 e. The van der Waals surface area contributed by atoms with Gasteiger partial charge in [0.05, 0.1) is 12.7 Å². The second-order valence-electron chi connectivity index (χ2n) is 3.68. The zero-order valence-electron chi connectivity index (χ0n) is 10.7. The molecule has 1 atom stereocenters. The first kappa shape index (κ1) is 14.0. The van der Waals surface area contributed by atoms with Crippen molar-refractivity contribution in [3.63, 3.8) is 0 Å². The minimum absolute atomic E-state index is 0.225. The summed E-state index contributed by atoms with van der Waals surface area (Å²) >= 11 is 0. The van der Waals surface area contributed by atoms with Gasteiger partial charge >= 0.3 is 0 Å². The van der Waals surface area contributed by atoms with Crippen LogP contribution in [0.5, 0.6) is 11.5 Å². The van der Waals surface area contributed by atoms with Crippen LogP contribution in [0.25, 0.3) is 0 Å². The summed E-state index contributed by atoms with van der Waals surface area (Å²) in [5.74, 6) is 0.680. The second kappa shape index (κ2) is 6.64. The molecule has 18 heavy (non-hydrogen) atoms. The number of hydrogen-bond acceptors (Lipinski definition) is 4. The Balaban J connectivity index is 2.87. The standard InChI is InChI=1S/C13H17NO4/c1-4-14-13(16)9(2)18-12-7-11(17-3)6-5-10(12)8-15/h5-9H,4H2,1-3H3,(H,14,16). The highest BCUT2D eigenvalue weighted by Gasteiger charge is 2.15. The lowest BCUT2D eigenvalue weighted by molar-refractivity contribution is -0.127. The molecule has 0 fully saturated rings. The van der Waals surface area contributed by atoms with Crippen LogP contribution in [0.3, 0.4) is 0 Å². The monoisotopic (exact) mass is 251 g/mol. The normalized spacial score (nSPS) is 11.5. The van der Waals surface area contributed by atoms with Gasteiger partial charge in [-0.25, -0.2) is 0 Å². The van der Waals surface area contributed by atoms with Crippen LogP contribution in [-0.2, 0) is 4.79 Å². The Bertz CT molecular complexity index is 431. The summed E-state index contributed by atoms with van der Waals surface area (Å²) in [6, 6.07) is 4.83. The molecule has 0 radical (unpaired) electrons. The number of rotatable bonds is 6. The van der Waals surface area contributed by atoms with Crippen molar-refractivity contribution in [1.29, 1.82) is 0 Å². The highest BCUT2D eigenvalue weighted by atomic mass is 16.5. The maximum Gasteiger partial charge on any atom is 0.260 e. The molecule has 1 aromatic carbocycles. The van der Waals surface area contributed by atoms with E-state index < -0.39 is 6.10 Å². The third kappa shape index (κ3) is 3.48. The number of methoxy groups -OCH3 is 1. The van der Waals surface area contributed by atoms with Crippen LogP contribution >= 0.6 is 0 Å². The molecule has 1 amide bonds. The zero-order valence-corrected chi connectivity index (χ0v) is 10.7. The fraction of sp³-hybridized carbons (Fsp3) is 0.385. The smallest absolute Gasteiger partial charge is 0.260 e. The van der Waals surface area contributed by atoms with E-state index in [1.165, 1.54) is 7.11 Å². The molecule has 1 aromatic rings. The molecule has 0 bridgehead atoms. The molecule has 0 aliphatic carbocycles. The maximum absolute atomic E-state index is 11.5. The van der Waals surface area contributed by atoms with Crippen molar-refractivity contribution >= 4 is 12.2 Å². The molecule has 1 N–H and O–H groups in total. The van der Waals surface area contributed by atoms with Gasteiger partial charge in [0.2, 0.25) is 0 Å². The van der Waals surface area contributed by atoms with Gasteiger partial charge in [-0.1, -0.05) is 0 Å². The number of likely N-dealkylation sites (N-methyl/N-ethyl adjacent to an activating group) is 1. The Morgan fingerprint density at radius 3 is 2.78 bits per heavy atom. The van der Waals surface area contributed by atoms with Gasteiger partial charge in [0, 0.05) is 12.6 Å². The van der Waals surface area contributed by atoms with Crippen LogP contribution in [0.4, 0.5) is 0 Å². The number of carbonyl (C=O) groups is 2. The molecule has 0 aliphatic heterocycles. The zero-order chi connectivity index (χ0) is 13.5. The number of aldehydes is 1. The van der Waals surface area contributed by atoms with Crippen molar-refractivity contribution in [2.75, 3.05) is 13.7 Å². The maximum atomic E-state index is 11.5. The van der Waals surface area contributed by atoms with Gasteiger partial charge in [0.15, 0.2) is 12.4 Å². The number of ether oxygens (including phenoxy) is 2. The Kier molecular flexibility index (Phi) is 5.17. The van der Waals surface area contributed by atoms with Crippen LogP contribution in [0.1, 0.15) is 24.2 Å². The molecule has 1 unspecified atom stereocenters. The van der Waals surface area contributed by atoms with E-state index in [0.29, 0.717) is 29.9 Å². The van der Waals surface area contributed by atoms with Crippen LogP contribution in [-0.4, -0.2) is 32.0 Å². The largest absolute Gasteiger partial charge is 0.497 e. The Morgan fingerprint density at radius 2 is 2.22 bits per heavy atom. The molecule has 0 aromatic heterocycles. The summed E-state index contributed by atoms with van der Waals surface area (Å²) in [6.07, 6.45) is 0.00918. The summed E-state index contributed by atoms with van der Waals surface area (Å²) in [6.45, 7) is 3.98. The lowest BCUT2D eigenvalue weighted by Gasteiger charge is -2.15. The van der Waals surface area contributed by atoms with E-state index in [4.69, 9.17) is 9.47 Å². The Morgan fingerprint density at radius 1 is 1.50 bits per heavy atom. The van der Waals surface area contributed by atoms with E-state index in [0.717, 1.165) is 0 Å². The van der Waals surface area contributed by atoms with E-state index in [-0.39, 0.29) is 5.91 Å². The van der Waals surface area contributed by atoms with E-state index in [1.54, 1.807) is 25.1 Å². The van der Waals surface area contributed by atoms with Crippen molar-refractivity contribution in [2.24, 2.45) is 0 Å². The number of benzene rings is 1. The quantitative estimate of drug-likeness (QED) is 0.776. The average molecular weight is 251 g/mol. The van der Waals surface area contributed by atoms with E-state index in [9.17, 15) is 9.59 Å². The fourth-order valence-electron chi connectivity index (χ4n) is 1.40. The van der Waals surface area contributed by atoms with Crippen molar-refractivity contribution in [2.45, 2.75) is 20.0 Å². The number of nitrogens with one attached hydrogen (secondary N) is 1. The molecule has 0 spiro atoms. The third-order valence-corrected chi connectivity index (χ3v) is 2.37. The van der Waals surface area contributed by atoms with Crippen LogP contribution in [0, 0.1) is 0 Å². The second-order valence-corrected chi connectivity index (χ2v) is 3.68. The topological polar surface area (TPSA) is 64.6 Å². The summed E-state index contributed by atoms with van der Waals surface area (Å²) in [5, 5.41) is 2.65. The van der Waals surface area contributed by atoms with E-state index in [1.807, 2.05) is 6.92 Å². The van der Waals surface area contributed by atoms with Crippen molar-refractivity contribution in [3.8, 4) is 11.5 Å². The lowest BCUT2D eigenvalue weighted by atomic mass is 10.2. The predicted octanol–water partition coefficient (Wildman–Crippen LogP) is 1.41. The summed E-state index contributed by atoms with van der Waals surface area (Å²) in [5.41, 5.74) is 0.381. The first-order valence-electron chi connectivity index (χ1n) is 5.70. The lowest BCUT2D eigenvalue weighted by Crippen LogP contribution is -2.36. The number of hydrogen-bond donors (Lipinski definition) is 1. The molecule has 1 rings (SSSR count). The molecule has 5 nitrogen and oxygen atoms in total. The molecule has 98 valence electrons. The summed E-state index contributed by atoms with van der Waals surface area (Å²) in [7, 11) is 1.52. The molecular formula is C13H17NO4. The van der Waals surface area contributed by atoms with Gasteiger partial charge in [-0.2, -0.15) is 0 Å². The summed E-state index contributed by atoms with van der Waals surface area (Å²) in [4.78, 5) is 22.4. The van der Waals surface area contributed by atoms with E-state index in [2.05, 4.69) is 5.32 Å². The Labute approximate surface area is 106 Å². The predicted molar refractivity (Wildman–Crippen MR) is 67.2 cm³/mol. The van der Waals surface area contributed by atoms with Gasteiger partial charge < -0.3 is 14.8 Å². The molecule has 0 saturated heterocycles. The van der Waals surface area contributed by atoms with Gasteiger partial charge in [-0.15, -0.1) is 0 Å². The van der Waals surface area contributed by atoms with Crippen LogP contribution < -0.4 is 14.8 Å². The average Bonchev–Trinajstić information content (AvgIpc) is 2.38. The van der Waals surface area contributed by atoms with Crippen molar-refractivity contribution in [1.82, 2.24) is 5.32 Å². The Hall–Kier alpha value is -2.04. The first-order valence-corrected chi connectivity index (χ1v) is 5.70. The molecule has 0 saturated carbocycles. The fourth-order valence-corrected chi connectivity index (χ4v) is 1.40. The molecule has 5 heteroatoms. The van der Waals surface area contributed by atoms with Gasteiger partial charge in [0.1, 0.15) is 11.5 Å². The van der Waals surface area contributed by atoms with Crippen LogP contribution in [0.15, 0.2) is 18.2 Å². The highest BCUT2D eigenvalue weighted by molar-refractivity contribution is 5.82. The third-order valence-electron chi connectivity index (χ3n) is 2.37. The highest BCUT2D eigenvalue weighted by Crippen LogP contribution is 2.24. The van der Waals surface area contributed by atoms with E-state index >= 15 is 0 Å². The number of amides is 1. The molecular weight excluding hydrogens is 234 g/mol. The molecule has 0 aliphatic rings. The first-order chi connectivity index (χ1) is 8.62. The van der Waals surface area contributed by atoms with Crippen molar-refractivity contribution < 1.29 is 19.1 Å². The van der Waals surface area contributed by atoms with Gasteiger partial charge in [0.25, 0.3) is 5.91 Å². The van der Waals surface area contributed by atoms with Crippen molar-refractivity contribution in [3.05, 3.63) is 23.8 Å². The van der Waals surface area contributed by atoms with Gasteiger partial charge in [-0.05, 0) is 26.0 Å². The van der Waals surface area contributed by atoms with Crippen LogP contribution in [0.2, 0.25) is 0 Å².